The van der Waals surface area contributed by atoms with Crippen LogP contribution < -0.4 is 24.8 Å². The van der Waals surface area contributed by atoms with Gasteiger partial charge in [0.2, 0.25) is 0 Å². The first kappa shape index (κ1) is 25.2. The summed E-state index contributed by atoms with van der Waals surface area (Å²) in [6.45, 7) is 5.22. The number of fused-ring (bicyclic) bond motifs is 6. The quantitative estimate of drug-likeness (QED) is 0.331. The molecule has 0 fully saturated rings. The Morgan fingerprint density at radius 1 is 0.438 bits per heavy atom. The molecular formula is C28H24Cl2SiZr. The van der Waals surface area contributed by atoms with E-state index in [0.29, 0.717) is 11.1 Å². The molecule has 158 valence electrons. The molecule has 0 bridgehead atoms. The van der Waals surface area contributed by atoms with Gasteiger partial charge in [-0.15, -0.1) is 0 Å². The van der Waals surface area contributed by atoms with E-state index >= 15 is 0 Å². The maximum Gasteiger partial charge on any atom is 2.00 e. The summed E-state index contributed by atoms with van der Waals surface area (Å²) in [6.07, 6.45) is 0. The standard InChI is InChI=1S/C28H24Si.2ClH.Zr/c1-29(2,27-23-15-7-3-11-19(23)20-12-4-8-16-24(20)27)28-25-17-9-5-13-21(25)22-14-6-10-18-26(22)28;;;/h3-18,27-28H,1-2H3;2*1H;/q;;;+2/p-2. The summed E-state index contributed by atoms with van der Waals surface area (Å²) in [5.41, 5.74) is 12.9. The Bertz CT molecular complexity index is 1080. The Labute approximate surface area is 223 Å². The maximum absolute atomic E-state index is 2.61. The predicted molar refractivity (Wildman–Crippen MR) is 125 cm³/mol. The molecule has 0 nitrogen and oxygen atoms in total. The number of halogens is 2. The van der Waals surface area contributed by atoms with Crippen molar-refractivity contribution >= 4 is 8.07 Å². The third kappa shape index (κ3) is 3.51. The third-order valence-electron chi connectivity index (χ3n) is 7.16. The average Bonchev–Trinajstić information content (AvgIpc) is 3.28. The van der Waals surface area contributed by atoms with Crippen LogP contribution in [0.4, 0.5) is 0 Å². The van der Waals surface area contributed by atoms with Gasteiger partial charge < -0.3 is 24.8 Å². The van der Waals surface area contributed by atoms with E-state index in [2.05, 4.69) is 110 Å². The average molecular weight is 551 g/mol. The minimum atomic E-state index is -1.84. The molecule has 2 aliphatic carbocycles. The number of hydrogen-bond donors (Lipinski definition) is 0. The second-order valence-electron chi connectivity index (χ2n) is 9.04. The van der Waals surface area contributed by atoms with Crippen LogP contribution in [0.5, 0.6) is 0 Å². The summed E-state index contributed by atoms with van der Waals surface area (Å²) in [6, 6.07) is 36.4. The van der Waals surface area contributed by atoms with Gasteiger partial charge in [-0.1, -0.05) is 110 Å². The van der Waals surface area contributed by atoms with Crippen molar-refractivity contribution in [1.29, 1.82) is 0 Å². The molecule has 6 rings (SSSR count). The molecule has 0 spiro atoms. The molecule has 0 radical (unpaired) electrons. The molecule has 0 N–H and O–H groups in total. The Kier molecular flexibility index (Phi) is 7.42. The summed E-state index contributed by atoms with van der Waals surface area (Å²) < 4.78 is 0. The van der Waals surface area contributed by atoms with Crippen LogP contribution >= 0.6 is 0 Å². The van der Waals surface area contributed by atoms with Crippen LogP contribution in [-0.4, -0.2) is 8.07 Å². The molecule has 0 heterocycles. The molecule has 0 saturated carbocycles. The SMILES string of the molecule is C[Si](C)(C1c2ccccc2-c2ccccc21)C1c2ccccc2-c2ccccc21.[Cl-].[Cl-].[Zr+2]. The van der Waals surface area contributed by atoms with Gasteiger partial charge in [0.25, 0.3) is 0 Å². The van der Waals surface area contributed by atoms with E-state index in [1.807, 2.05) is 0 Å². The van der Waals surface area contributed by atoms with Crippen LogP contribution in [0.3, 0.4) is 0 Å². The van der Waals surface area contributed by atoms with E-state index in [4.69, 9.17) is 0 Å². The van der Waals surface area contributed by atoms with Gasteiger partial charge >= 0.3 is 26.2 Å². The van der Waals surface area contributed by atoms with Crippen LogP contribution in [0, 0.1) is 0 Å². The molecule has 0 unspecified atom stereocenters. The fourth-order valence-corrected chi connectivity index (χ4v) is 10.6. The largest absolute Gasteiger partial charge is 2.00 e. The van der Waals surface area contributed by atoms with Gasteiger partial charge in [0.05, 0.1) is 8.07 Å². The van der Waals surface area contributed by atoms with Crippen LogP contribution in [0.15, 0.2) is 97.1 Å². The smallest absolute Gasteiger partial charge is 1.00 e. The monoisotopic (exact) mass is 548 g/mol. The zero-order valence-corrected chi connectivity index (χ0v) is 23.1. The van der Waals surface area contributed by atoms with Gasteiger partial charge in [-0.3, -0.25) is 0 Å². The van der Waals surface area contributed by atoms with Crippen molar-refractivity contribution in [2.24, 2.45) is 0 Å². The summed E-state index contributed by atoms with van der Waals surface area (Å²) in [5, 5.41) is 0. The van der Waals surface area contributed by atoms with Crippen molar-refractivity contribution in [1.82, 2.24) is 0 Å². The van der Waals surface area contributed by atoms with Gasteiger partial charge in [-0.2, -0.15) is 0 Å². The number of benzene rings is 4. The molecular weight excluding hydrogens is 527 g/mol. The summed E-state index contributed by atoms with van der Waals surface area (Å²) >= 11 is 0. The molecule has 4 aromatic rings. The Morgan fingerprint density at radius 3 is 0.906 bits per heavy atom. The molecule has 0 amide bonds. The first-order chi connectivity index (χ1) is 14.2. The van der Waals surface area contributed by atoms with Gasteiger partial charge in [0.1, 0.15) is 0 Å². The zero-order chi connectivity index (χ0) is 19.6. The van der Waals surface area contributed by atoms with E-state index in [0.717, 1.165) is 0 Å². The Balaban J connectivity index is 0.000000963. The van der Waals surface area contributed by atoms with Gasteiger partial charge in [-0.25, -0.2) is 0 Å². The first-order valence-corrected chi connectivity index (χ1v) is 13.7. The minimum Gasteiger partial charge on any atom is -1.00 e. The summed E-state index contributed by atoms with van der Waals surface area (Å²) in [4.78, 5) is 0. The number of rotatable bonds is 2. The van der Waals surface area contributed by atoms with Crippen molar-refractivity contribution in [2.75, 3.05) is 0 Å². The molecule has 0 atom stereocenters. The zero-order valence-electron chi connectivity index (χ0n) is 18.1. The molecule has 32 heavy (non-hydrogen) atoms. The molecule has 0 aromatic heterocycles. The minimum absolute atomic E-state index is 0. The van der Waals surface area contributed by atoms with Gasteiger partial charge in [-0.05, 0) is 44.5 Å². The molecule has 4 heteroatoms. The van der Waals surface area contributed by atoms with Crippen molar-refractivity contribution in [3.05, 3.63) is 119 Å². The van der Waals surface area contributed by atoms with Crippen LogP contribution in [0.2, 0.25) is 13.1 Å². The summed E-state index contributed by atoms with van der Waals surface area (Å²) in [5.74, 6) is 0. The predicted octanol–water partition coefficient (Wildman–Crippen LogP) is 1.40. The van der Waals surface area contributed by atoms with Gasteiger partial charge in [0.15, 0.2) is 0 Å². The fourth-order valence-electron chi connectivity index (χ4n) is 6.08. The Morgan fingerprint density at radius 2 is 0.656 bits per heavy atom. The maximum atomic E-state index is 2.61. The topological polar surface area (TPSA) is 0 Å². The van der Waals surface area contributed by atoms with Crippen LogP contribution in [-0.2, 0) is 26.2 Å². The third-order valence-corrected chi connectivity index (χ3v) is 11.4. The fraction of sp³-hybridized carbons (Fsp3) is 0.143. The molecule has 2 aliphatic rings. The second kappa shape index (κ2) is 9.43. The molecule has 4 aromatic carbocycles. The van der Waals surface area contributed by atoms with E-state index in [1.165, 1.54) is 44.5 Å². The molecule has 0 saturated heterocycles. The van der Waals surface area contributed by atoms with E-state index in [1.54, 1.807) is 0 Å². The van der Waals surface area contributed by atoms with Crippen molar-refractivity contribution in [2.45, 2.75) is 24.2 Å². The second-order valence-corrected chi connectivity index (χ2v) is 13.8. The van der Waals surface area contributed by atoms with E-state index in [9.17, 15) is 0 Å². The van der Waals surface area contributed by atoms with E-state index in [-0.39, 0.29) is 51.0 Å². The van der Waals surface area contributed by atoms with Crippen LogP contribution in [0.25, 0.3) is 22.3 Å². The van der Waals surface area contributed by atoms with Crippen molar-refractivity contribution in [3.63, 3.8) is 0 Å². The normalized spacial score (nSPS) is 13.6. The van der Waals surface area contributed by atoms with Crippen molar-refractivity contribution < 1.29 is 51.0 Å². The van der Waals surface area contributed by atoms with E-state index < -0.39 is 8.07 Å². The number of hydrogen-bond acceptors (Lipinski definition) is 0. The summed E-state index contributed by atoms with van der Waals surface area (Å²) in [7, 11) is -1.84. The van der Waals surface area contributed by atoms with Crippen LogP contribution in [0.1, 0.15) is 33.3 Å². The molecule has 0 aliphatic heterocycles. The first-order valence-electron chi connectivity index (χ1n) is 10.5. The Hall–Kier alpha value is -1.44. The van der Waals surface area contributed by atoms with Crippen molar-refractivity contribution in [3.8, 4) is 22.3 Å². The van der Waals surface area contributed by atoms with Gasteiger partial charge in [0, 0.05) is 11.1 Å².